The SMILES string of the molecule is CCC(C)NC(=O)CN1CCN(C(=O)COc2ccc(Cl)c(C)c2)CC1. The fourth-order valence-corrected chi connectivity index (χ4v) is 2.84. The minimum atomic E-state index is -0.0405. The van der Waals surface area contributed by atoms with Crippen LogP contribution in [0.2, 0.25) is 5.02 Å². The van der Waals surface area contributed by atoms with Crippen LogP contribution in [0.1, 0.15) is 25.8 Å². The molecule has 1 fully saturated rings. The van der Waals surface area contributed by atoms with Crippen LogP contribution in [0.15, 0.2) is 18.2 Å². The highest BCUT2D eigenvalue weighted by molar-refractivity contribution is 6.31. The smallest absolute Gasteiger partial charge is 0.260 e. The van der Waals surface area contributed by atoms with Crippen molar-refractivity contribution in [1.82, 2.24) is 15.1 Å². The summed E-state index contributed by atoms with van der Waals surface area (Å²) in [5, 5.41) is 3.65. The summed E-state index contributed by atoms with van der Waals surface area (Å²) in [6, 6.07) is 5.54. The fraction of sp³-hybridized carbons (Fsp3) is 0.579. The number of nitrogens with one attached hydrogen (secondary N) is 1. The zero-order valence-corrected chi connectivity index (χ0v) is 16.5. The second-order valence-electron chi connectivity index (χ2n) is 6.73. The lowest BCUT2D eigenvalue weighted by molar-refractivity contribution is -0.135. The van der Waals surface area contributed by atoms with Gasteiger partial charge >= 0.3 is 0 Å². The first kappa shape index (κ1) is 20.5. The van der Waals surface area contributed by atoms with Gasteiger partial charge in [-0.15, -0.1) is 0 Å². The lowest BCUT2D eigenvalue weighted by atomic mass is 10.2. The number of carbonyl (C=O) groups excluding carboxylic acids is 2. The second-order valence-corrected chi connectivity index (χ2v) is 7.14. The van der Waals surface area contributed by atoms with E-state index in [9.17, 15) is 9.59 Å². The molecule has 1 aliphatic rings. The molecule has 1 aliphatic heterocycles. The molecule has 0 aromatic heterocycles. The average Bonchev–Trinajstić information content (AvgIpc) is 2.62. The van der Waals surface area contributed by atoms with Gasteiger partial charge in [0, 0.05) is 37.2 Å². The van der Waals surface area contributed by atoms with Gasteiger partial charge in [-0.25, -0.2) is 0 Å². The molecule has 6 nitrogen and oxygen atoms in total. The Morgan fingerprint density at radius 3 is 2.58 bits per heavy atom. The Balaban J connectivity index is 1.72. The molecule has 7 heteroatoms. The number of aryl methyl sites for hydroxylation is 1. The molecule has 0 aliphatic carbocycles. The molecule has 1 saturated heterocycles. The van der Waals surface area contributed by atoms with E-state index in [1.165, 1.54) is 0 Å². The van der Waals surface area contributed by atoms with E-state index in [-0.39, 0.29) is 24.5 Å². The zero-order valence-electron chi connectivity index (χ0n) is 15.8. The van der Waals surface area contributed by atoms with Gasteiger partial charge < -0.3 is 15.0 Å². The number of halogens is 1. The Kier molecular flexibility index (Phi) is 7.72. The summed E-state index contributed by atoms with van der Waals surface area (Å²) in [5.74, 6) is 0.641. The van der Waals surface area contributed by atoms with Crippen molar-refractivity contribution in [3.8, 4) is 5.75 Å². The number of amides is 2. The van der Waals surface area contributed by atoms with E-state index in [4.69, 9.17) is 16.3 Å². The van der Waals surface area contributed by atoms with Crippen LogP contribution in [-0.2, 0) is 9.59 Å². The Labute approximate surface area is 160 Å². The van der Waals surface area contributed by atoms with E-state index in [1.54, 1.807) is 17.0 Å². The van der Waals surface area contributed by atoms with E-state index in [0.29, 0.717) is 43.5 Å². The minimum absolute atomic E-state index is 0.00950. The van der Waals surface area contributed by atoms with Crippen molar-refractivity contribution in [2.24, 2.45) is 0 Å². The van der Waals surface area contributed by atoms with Crippen molar-refractivity contribution < 1.29 is 14.3 Å². The standard InChI is InChI=1S/C19H28ClN3O3/c1-4-15(3)21-18(24)12-22-7-9-23(10-8-22)19(25)13-26-16-5-6-17(20)14(2)11-16/h5-6,11,15H,4,7-10,12-13H2,1-3H3,(H,21,24). The van der Waals surface area contributed by atoms with Crippen LogP contribution in [-0.4, -0.2) is 67.0 Å². The molecule has 2 rings (SSSR count). The quantitative estimate of drug-likeness (QED) is 0.785. The molecular formula is C19H28ClN3O3. The molecular weight excluding hydrogens is 354 g/mol. The van der Waals surface area contributed by atoms with Crippen LogP contribution < -0.4 is 10.1 Å². The van der Waals surface area contributed by atoms with Crippen molar-refractivity contribution in [2.45, 2.75) is 33.2 Å². The van der Waals surface area contributed by atoms with Crippen LogP contribution in [0.25, 0.3) is 0 Å². The summed E-state index contributed by atoms with van der Waals surface area (Å²) in [6.45, 7) is 8.94. The highest BCUT2D eigenvalue weighted by atomic mass is 35.5. The van der Waals surface area contributed by atoms with E-state index < -0.39 is 0 Å². The zero-order chi connectivity index (χ0) is 19.1. The van der Waals surface area contributed by atoms with Gasteiger partial charge in [-0.05, 0) is 44.0 Å². The summed E-state index contributed by atoms with van der Waals surface area (Å²) < 4.78 is 5.58. The Hall–Kier alpha value is -1.79. The monoisotopic (exact) mass is 381 g/mol. The third-order valence-corrected chi connectivity index (χ3v) is 5.03. The van der Waals surface area contributed by atoms with Crippen LogP contribution >= 0.6 is 11.6 Å². The van der Waals surface area contributed by atoms with Crippen molar-refractivity contribution >= 4 is 23.4 Å². The molecule has 0 radical (unpaired) electrons. The van der Waals surface area contributed by atoms with Gasteiger partial charge in [-0.3, -0.25) is 14.5 Å². The Bertz CT molecular complexity index is 630. The number of hydrogen-bond acceptors (Lipinski definition) is 4. The molecule has 0 saturated carbocycles. The van der Waals surface area contributed by atoms with Crippen LogP contribution in [0.5, 0.6) is 5.75 Å². The van der Waals surface area contributed by atoms with E-state index in [1.807, 2.05) is 26.8 Å². The van der Waals surface area contributed by atoms with Gasteiger partial charge in [0.05, 0.1) is 6.54 Å². The largest absolute Gasteiger partial charge is 0.484 e. The van der Waals surface area contributed by atoms with Gasteiger partial charge in [0.2, 0.25) is 5.91 Å². The first-order chi connectivity index (χ1) is 12.4. The lowest BCUT2D eigenvalue weighted by Crippen LogP contribution is -2.52. The minimum Gasteiger partial charge on any atom is -0.484 e. The predicted molar refractivity (Wildman–Crippen MR) is 103 cm³/mol. The van der Waals surface area contributed by atoms with E-state index >= 15 is 0 Å². The molecule has 1 N–H and O–H groups in total. The first-order valence-electron chi connectivity index (χ1n) is 9.07. The summed E-state index contributed by atoms with van der Waals surface area (Å²) in [6.07, 6.45) is 0.918. The molecule has 0 spiro atoms. The summed E-state index contributed by atoms with van der Waals surface area (Å²) in [4.78, 5) is 28.1. The van der Waals surface area contributed by atoms with Crippen molar-refractivity contribution in [3.05, 3.63) is 28.8 Å². The second kappa shape index (κ2) is 9.78. The molecule has 1 aromatic carbocycles. The molecule has 1 atom stereocenters. The van der Waals surface area contributed by atoms with Gasteiger partial charge in [0.1, 0.15) is 5.75 Å². The van der Waals surface area contributed by atoms with Crippen molar-refractivity contribution in [3.63, 3.8) is 0 Å². The Morgan fingerprint density at radius 1 is 1.27 bits per heavy atom. The highest BCUT2D eigenvalue weighted by Crippen LogP contribution is 2.21. The number of piperazine rings is 1. The summed E-state index contributed by atoms with van der Waals surface area (Å²) in [7, 11) is 0. The maximum absolute atomic E-state index is 12.3. The predicted octanol–water partition coefficient (Wildman–Crippen LogP) is 2.09. The third kappa shape index (κ3) is 6.18. The van der Waals surface area contributed by atoms with Gasteiger partial charge in [-0.1, -0.05) is 18.5 Å². The summed E-state index contributed by atoms with van der Waals surface area (Å²) >= 11 is 5.99. The molecule has 144 valence electrons. The first-order valence-corrected chi connectivity index (χ1v) is 9.45. The van der Waals surface area contributed by atoms with Crippen molar-refractivity contribution in [1.29, 1.82) is 0 Å². The number of hydrogen-bond donors (Lipinski definition) is 1. The van der Waals surface area contributed by atoms with Gasteiger partial charge in [-0.2, -0.15) is 0 Å². The lowest BCUT2D eigenvalue weighted by Gasteiger charge is -2.34. The third-order valence-electron chi connectivity index (χ3n) is 4.60. The molecule has 1 unspecified atom stereocenters. The normalized spacial score (nSPS) is 16.2. The summed E-state index contributed by atoms with van der Waals surface area (Å²) in [5.41, 5.74) is 0.917. The number of ether oxygens (including phenoxy) is 1. The van der Waals surface area contributed by atoms with Gasteiger partial charge in [0.15, 0.2) is 6.61 Å². The average molecular weight is 382 g/mol. The molecule has 1 aromatic rings. The number of nitrogens with zero attached hydrogens (tertiary/aromatic N) is 2. The molecule has 0 bridgehead atoms. The topological polar surface area (TPSA) is 61.9 Å². The molecule has 1 heterocycles. The van der Waals surface area contributed by atoms with Gasteiger partial charge in [0.25, 0.3) is 5.91 Å². The molecule has 2 amide bonds. The highest BCUT2D eigenvalue weighted by Gasteiger charge is 2.23. The maximum Gasteiger partial charge on any atom is 0.260 e. The Morgan fingerprint density at radius 2 is 1.96 bits per heavy atom. The maximum atomic E-state index is 12.3. The van der Waals surface area contributed by atoms with E-state index in [0.717, 1.165) is 12.0 Å². The van der Waals surface area contributed by atoms with E-state index in [2.05, 4.69) is 10.2 Å². The fourth-order valence-electron chi connectivity index (χ4n) is 2.72. The number of benzene rings is 1. The van der Waals surface area contributed by atoms with Crippen LogP contribution in [0, 0.1) is 6.92 Å². The van der Waals surface area contributed by atoms with Crippen molar-refractivity contribution in [2.75, 3.05) is 39.3 Å². The number of carbonyl (C=O) groups is 2. The molecule has 26 heavy (non-hydrogen) atoms. The van der Waals surface area contributed by atoms with Crippen LogP contribution in [0.3, 0.4) is 0 Å². The number of rotatable bonds is 7. The van der Waals surface area contributed by atoms with Crippen LogP contribution in [0.4, 0.5) is 0 Å².